The van der Waals surface area contributed by atoms with Gasteiger partial charge in [-0.3, -0.25) is 13.9 Å². The van der Waals surface area contributed by atoms with Crippen LogP contribution in [-0.4, -0.2) is 35.7 Å². The second-order valence-corrected chi connectivity index (χ2v) is 5.39. The van der Waals surface area contributed by atoms with Gasteiger partial charge in [-0.25, -0.2) is 4.98 Å². The SMILES string of the molecule is CC(OCP(=O)(O)O)n1c(N)nc2nc[nH]c2c1=O. The van der Waals surface area contributed by atoms with Crippen molar-refractivity contribution in [1.82, 2.24) is 19.5 Å². The lowest BCUT2D eigenvalue weighted by molar-refractivity contribution is 0.0356. The number of hydrogen-bond donors (Lipinski definition) is 4. The van der Waals surface area contributed by atoms with Gasteiger partial charge in [0.1, 0.15) is 6.23 Å². The molecular formula is C8H12N5O5P. The van der Waals surface area contributed by atoms with Crippen LogP contribution in [0.4, 0.5) is 5.95 Å². The summed E-state index contributed by atoms with van der Waals surface area (Å²) < 4.78 is 16.6. The predicted octanol–water partition coefficient (Wildman–Crippen LogP) is -0.628. The number of rotatable bonds is 4. The molecule has 10 nitrogen and oxygen atoms in total. The summed E-state index contributed by atoms with van der Waals surface area (Å²) >= 11 is 0. The molecule has 2 aromatic heterocycles. The highest BCUT2D eigenvalue weighted by Gasteiger charge is 2.20. The summed E-state index contributed by atoms with van der Waals surface area (Å²) in [5, 5.41) is 0. The summed E-state index contributed by atoms with van der Waals surface area (Å²) in [7, 11) is -4.33. The van der Waals surface area contributed by atoms with E-state index in [4.69, 9.17) is 20.3 Å². The van der Waals surface area contributed by atoms with Crippen LogP contribution in [0.1, 0.15) is 13.2 Å². The molecule has 0 aliphatic carbocycles. The maximum atomic E-state index is 12.1. The first kappa shape index (κ1) is 13.7. The van der Waals surface area contributed by atoms with E-state index in [1.807, 2.05) is 0 Å². The Labute approximate surface area is 106 Å². The molecule has 1 unspecified atom stereocenters. The lowest BCUT2D eigenvalue weighted by Crippen LogP contribution is -2.29. The van der Waals surface area contributed by atoms with Crippen molar-refractivity contribution in [3.8, 4) is 0 Å². The van der Waals surface area contributed by atoms with E-state index < -0.39 is 25.7 Å². The van der Waals surface area contributed by atoms with Crippen LogP contribution in [0.25, 0.3) is 11.2 Å². The van der Waals surface area contributed by atoms with Crippen molar-refractivity contribution in [3.63, 3.8) is 0 Å². The summed E-state index contributed by atoms with van der Waals surface area (Å²) in [5.74, 6) is -0.150. The maximum Gasteiger partial charge on any atom is 0.351 e. The van der Waals surface area contributed by atoms with Crippen LogP contribution in [0.15, 0.2) is 11.1 Å². The Kier molecular flexibility index (Phi) is 3.42. The van der Waals surface area contributed by atoms with Crippen molar-refractivity contribution >= 4 is 24.7 Å². The van der Waals surface area contributed by atoms with Gasteiger partial charge in [0.15, 0.2) is 17.5 Å². The van der Waals surface area contributed by atoms with E-state index in [0.717, 1.165) is 4.57 Å². The van der Waals surface area contributed by atoms with Crippen molar-refractivity contribution in [3.05, 3.63) is 16.7 Å². The molecule has 0 radical (unpaired) electrons. The highest BCUT2D eigenvalue weighted by Crippen LogP contribution is 2.35. The zero-order valence-electron chi connectivity index (χ0n) is 9.85. The Morgan fingerprint density at radius 1 is 1.63 bits per heavy atom. The van der Waals surface area contributed by atoms with Gasteiger partial charge in [0.25, 0.3) is 5.56 Å². The molecule has 1 atom stereocenters. The van der Waals surface area contributed by atoms with Crippen LogP contribution in [0.2, 0.25) is 0 Å². The highest BCUT2D eigenvalue weighted by molar-refractivity contribution is 7.51. The molecule has 0 spiro atoms. The minimum Gasteiger partial charge on any atom is -0.369 e. The Balaban J connectivity index is 2.39. The molecule has 2 heterocycles. The van der Waals surface area contributed by atoms with Crippen LogP contribution in [0, 0.1) is 0 Å². The zero-order chi connectivity index (χ0) is 14.2. The Bertz CT molecular complexity index is 703. The van der Waals surface area contributed by atoms with E-state index in [2.05, 4.69) is 15.0 Å². The molecule has 0 aromatic carbocycles. The fraction of sp³-hybridized carbons (Fsp3) is 0.375. The number of aromatic amines is 1. The molecule has 11 heteroatoms. The summed E-state index contributed by atoms with van der Waals surface area (Å²) in [6.45, 7) is 1.43. The maximum absolute atomic E-state index is 12.1. The predicted molar refractivity (Wildman–Crippen MR) is 65.3 cm³/mol. The number of ether oxygens (including phenoxy) is 1. The van der Waals surface area contributed by atoms with Gasteiger partial charge in [0.2, 0.25) is 5.95 Å². The van der Waals surface area contributed by atoms with Gasteiger partial charge in [0, 0.05) is 0 Å². The van der Waals surface area contributed by atoms with E-state index in [9.17, 15) is 9.36 Å². The number of nitrogens with two attached hydrogens (primary N) is 1. The van der Waals surface area contributed by atoms with Gasteiger partial charge in [-0.15, -0.1) is 0 Å². The zero-order valence-corrected chi connectivity index (χ0v) is 10.7. The topological polar surface area (TPSA) is 156 Å². The van der Waals surface area contributed by atoms with Crippen LogP contribution in [-0.2, 0) is 9.30 Å². The lowest BCUT2D eigenvalue weighted by atomic mass is 10.5. The molecule has 0 amide bonds. The van der Waals surface area contributed by atoms with Gasteiger partial charge in [-0.1, -0.05) is 0 Å². The van der Waals surface area contributed by atoms with Crippen molar-refractivity contribution in [2.24, 2.45) is 0 Å². The molecule has 5 N–H and O–H groups in total. The summed E-state index contributed by atoms with van der Waals surface area (Å²) in [5.41, 5.74) is 5.39. The molecule has 2 aromatic rings. The van der Waals surface area contributed by atoms with Crippen molar-refractivity contribution in [2.45, 2.75) is 13.2 Å². The number of H-pyrrole nitrogens is 1. The first-order chi connectivity index (χ1) is 8.79. The number of aromatic nitrogens is 4. The summed E-state index contributed by atoms with van der Waals surface area (Å²) in [4.78, 5) is 39.8. The van der Waals surface area contributed by atoms with Crippen LogP contribution >= 0.6 is 7.60 Å². The van der Waals surface area contributed by atoms with Crippen LogP contribution in [0.3, 0.4) is 0 Å². The molecule has 0 bridgehead atoms. The van der Waals surface area contributed by atoms with Crippen molar-refractivity contribution < 1.29 is 19.1 Å². The number of imidazole rings is 1. The van der Waals surface area contributed by atoms with E-state index >= 15 is 0 Å². The Morgan fingerprint density at radius 3 is 2.95 bits per heavy atom. The van der Waals surface area contributed by atoms with E-state index in [1.165, 1.54) is 13.3 Å². The van der Waals surface area contributed by atoms with Gasteiger partial charge in [0.05, 0.1) is 6.33 Å². The molecule has 0 saturated heterocycles. The van der Waals surface area contributed by atoms with Gasteiger partial charge < -0.3 is 25.2 Å². The number of nitrogen functional groups attached to an aromatic ring is 1. The molecule has 0 saturated carbocycles. The third-order valence-corrected chi connectivity index (χ3v) is 2.85. The number of hydrogen-bond acceptors (Lipinski definition) is 6. The van der Waals surface area contributed by atoms with E-state index in [-0.39, 0.29) is 17.1 Å². The normalized spacial score (nSPS) is 13.8. The smallest absolute Gasteiger partial charge is 0.351 e. The largest absolute Gasteiger partial charge is 0.369 e. The lowest BCUT2D eigenvalue weighted by Gasteiger charge is -2.17. The molecule has 104 valence electrons. The van der Waals surface area contributed by atoms with Gasteiger partial charge >= 0.3 is 7.60 Å². The number of fused-ring (bicyclic) bond motifs is 1. The molecule has 19 heavy (non-hydrogen) atoms. The van der Waals surface area contributed by atoms with Crippen LogP contribution < -0.4 is 11.3 Å². The van der Waals surface area contributed by atoms with Crippen molar-refractivity contribution in [2.75, 3.05) is 12.1 Å². The second kappa shape index (κ2) is 4.74. The monoisotopic (exact) mass is 289 g/mol. The first-order valence-corrected chi connectivity index (χ1v) is 6.96. The third-order valence-electron chi connectivity index (χ3n) is 2.37. The van der Waals surface area contributed by atoms with E-state index in [1.54, 1.807) is 0 Å². The summed E-state index contributed by atoms with van der Waals surface area (Å²) in [6, 6.07) is 0. The van der Waals surface area contributed by atoms with Gasteiger partial charge in [-0.05, 0) is 6.92 Å². The average Bonchev–Trinajstić information content (AvgIpc) is 2.73. The first-order valence-electron chi connectivity index (χ1n) is 5.17. The fourth-order valence-corrected chi connectivity index (χ4v) is 1.96. The average molecular weight is 289 g/mol. The van der Waals surface area contributed by atoms with E-state index in [0.29, 0.717) is 0 Å². The minimum absolute atomic E-state index is 0.140. The number of anilines is 1. The fourth-order valence-electron chi connectivity index (χ4n) is 1.55. The van der Waals surface area contributed by atoms with Gasteiger partial charge in [-0.2, -0.15) is 4.98 Å². The molecule has 0 aliphatic heterocycles. The van der Waals surface area contributed by atoms with Crippen molar-refractivity contribution in [1.29, 1.82) is 0 Å². The quantitative estimate of drug-likeness (QED) is 0.542. The second-order valence-electron chi connectivity index (χ2n) is 3.81. The number of nitrogens with zero attached hydrogens (tertiary/aromatic N) is 3. The highest BCUT2D eigenvalue weighted by atomic mass is 31.2. The Hall–Kier alpha value is -1.74. The molecular weight excluding hydrogens is 277 g/mol. The third kappa shape index (κ3) is 2.82. The molecule has 0 aliphatic rings. The molecule has 2 rings (SSSR count). The summed E-state index contributed by atoms with van der Waals surface area (Å²) in [6.07, 6.45) is -0.495. The number of nitrogens with one attached hydrogen (secondary N) is 1. The minimum atomic E-state index is -4.33. The standard InChI is InChI=1S/C8H12N5O5P/c1-4(18-3-19(15,16)17)13-7(14)5-6(11-2-10-5)12-8(13)9/h2,4H,3H2,1H3,(H2,9,12)(H,10,11)(H2,15,16,17). The molecule has 0 fully saturated rings. The Morgan fingerprint density at radius 2 is 2.32 bits per heavy atom. The van der Waals surface area contributed by atoms with Crippen LogP contribution in [0.5, 0.6) is 0 Å².